The van der Waals surface area contributed by atoms with Crippen molar-refractivity contribution < 1.29 is 8.42 Å². The van der Waals surface area contributed by atoms with Crippen LogP contribution in [0, 0.1) is 6.92 Å². The van der Waals surface area contributed by atoms with Gasteiger partial charge in [0.05, 0.1) is 6.04 Å². The van der Waals surface area contributed by atoms with Gasteiger partial charge in [0.1, 0.15) is 0 Å². The van der Waals surface area contributed by atoms with Crippen molar-refractivity contribution in [2.75, 3.05) is 13.1 Å². The van der Waals surface area contributed by atoms with Crippen LogP contribution in [0.4, 0.5) is 0 Å². The van der Waals surface area contributed by atoms with Crippen LogP contribution in [0.15, 0.2) is 48.5 Å². The minimum Gasteiger partial charge on any atom is -0.202 e. The Balaban J connectivity index is 2.13. The average Bonchev–Trinajstić information content (AvgIpc) is 2.54. The lowest BCUT2D eigenvalue weighted by atomic mass is 9.89. The predicted molar refractivity (Wildman–Crippen MR) is 92.5 cm³/mol. The average molecular weight is 330 g/mol. The molecule has 0 spiro atoms. The Hall–Kier alpha value is -1.69. The molecule has 23 heavy (non-hydrogen) atoms. The molecule has 0 bridgehead atoms. The van der Waals surface area contributed by atoms with Crippen molar-refractivity contribution in [1.29, 1.82) is 0 Å². The van der Waals surface area contributed by atoms with E-state index in [1.807, 2.05) is 30.3 Å². The Bertz CT molecular complexity index is 788. The quantitative estimate of drug-likeness (QED) is 0.937. The molecule has 3 rings (SSSR count). The maximum atomic E-state index is 12.7. The van der Waals surface area contributed by atoms with Crippen LogP contribution in [0.1, 0.15) is 35.2 Å². The first-order valence-electron chi connectivity index (χ1n) is 7.93. The van der Waals surface area contributed by atoms with E-state index in [1.54, 1.807) is 11.2 Å². The lowest BCUT2D eigenvalue weighted by molar-refractivity contribution is 0.339. The number of hydrogen-bond acceptors (Lipinski definition) is 2. The fourth-order valence-electron chi connectivity index (χ4n) is 3.24. The maximum absolute atomic E-state index is 12.7. The number of rotatable bonds is 4. The van der Waals surface area contributed by atoms with E-state index in [0.717, 1.165) is 17.5 Å². The summed E-state index contributed by atoms with van der Waals surface area (Å²) in [7, 11) is -3.50. The summed E-state index contributed by atoms with van der Waals surface area (Å²) >= 11 is 0. The third kappa shape index (κ3) is 3.17. The topological polar surface area (TPSA) is 49.4 Å². The van der Waals surface area contributed by atoms with Crippen molar-refractivity contribution in [3.63, 3.8) is 0 Å². The highest BCUT2D eigenvalue weighted by Gasteiger charge is 2.35. The van der Waals surface area contributed by atoms with Crippen LogP contribution in [0.5, 0.6) is 0 Å². The Labute approximate surface area is 138 Å². The predicted octanol–water partition coefficient (Wildman–Crippen LogP) is 2.80. The molecule has 0 saturated heterocycles. The van der Waals surface area contributed by atoms with Gasteiger partial charge in [-0.15, -0.1) is 0 Å². The summed E-state index contributed by atoms with van der Waals surface area (Å²) in [6.45, 7) is 4.75. The molecule has 1 aliphatic rings. The standard InChI is InChI=1S/C18H22N2O2S/c1-3-19-23(21,22)20-12-11-16-13-14(2)9-10-17(16)18(20)15-7-5-4-6-8-15/h4-10,13,18-19H,3,11-12H2,1-2H3. The number of fused-ring (bicyclic) bond motifs is 1. The molecule has 2 aromatic rings. The molecular formula is C18H22N2O2S. The van der Waals surface area contributed by atoms with Crippen molar-refractivity contribution in [2.45, 2.75) is 26.3 Å². The first-order valence-corrected chi connectivity index (χ1v) is 9.37. The summed E-state index contributed by atoms with van der Waals surface area (Å²) in [6, 6.07) is 15.9. The third-order valence-corrected chi connectivity index (χ3v) is 5.90. The molecule has 1 N–H and O–H groups in total. The Morgan fingerprint density at radius 3 is 2.61 bits per heavy atom. The Morgan fingerprint density at radius 1 is 1.17 bits per heavy atom. The molecule has 2 aromatic carbocycles. The molecule has 1 unspecified atom stereocenters. The van der Waals surface area contributed by atoms with Crippen LogP contribution in [0.3, 0.4) is 0 Å². The van der Waals surface area contributed by atoms with E-state index in [4.69, 9.17) is 0 Å². The second-order valence-electron chi connectivity index (χ2n) is 5.88. The SMILES string of the molecule is CCNS(=O)(=O)N1CCc2cc(C)ccc2C1c1ccccc1. The summed E-state index contributed by atoms with van der Waals surface area (Å²) in [4.78, 5) is 0. The van der Waals surface area contributed by atoms with Gasteiger partial charge in [-0.1, -0.05) is 61.0 Å². The van der Waals surface area contributed by atoms with E-state index >= 15 is 0 Å². The molecule has 1 aliphatic heterocycles. The number of benzene rings is 2. The lowest BCUT2D eigenvalue weighted by Gasteiger charge is -2.36. The van der Waals surface area contributed by atoms with Gasteiger partial charge in [0.25, 0.3) is 10.2 Å². The van der Waals surface area contributed by atoms with Gasteiger partial charge in [0.2, 0.25) is 0 Å². The molecule has 0 fully saturated rings. The molecule has 4 nitrogen and oxygen atoms in total. The normalized spacial score (nSPS) is 18.6. The van der Waals surface area contributed by atoms with Crippen molar-refractivity contribution in [3.05, 3.63) is 70.8 Å². The summed E-state index contributed by atoms with van der Waals surface area (Å²) in [5, 5.41) is 0. The van der Waals surface area contributed by atoms with Crippen LogP contribution in [0.25, 0.3) is 0 Å². The summed E-state index contributed by atoms with van der Waals surface area (Å²) < 4.78 is 29.5. The maximum Gasteiger partial charge on any atom is 0.280 e. The molecule has 0 radical (unpaired) electrons. The van der Waals surface area contributed by atoms with E-state index < -0.39 is 10.2 Å². The highest BCUT2D eigenvalue weighted by Crippen LogP contribution is 2.36. The minimum atomic E-state index is -3.50. The van der Waals surface area contributed by atoms with Crippen LogP contribution in [0.2, 0.25) is 0 Å². The van der Waals surface area contributed by atoms with Crippen molar-refractivity contribution in [3.8, 4) is 0 Å². The summed E-state index contributed by atoms with van der Waals surface area (Å²) in [5.74, 6) is 0. The van der Waals surface area contributed by atoms with Crippen LogP contribution in [-0.2, 0) is 16.6 Å². The molecule has 5 heteroatoms. The Kier molecular flexibility index (Phi) is 4.53. The van der Waals surface area contributed by atoms with Crippen molar-refractivity contribution in [2.24, 2.45) is 0 Å². The molecule has 0 aliphatic carbocycles. The van der Waals surface area contributed by atoms with E-state index in [0.29, 0.717) is 13.1 Å². The fraction of sp³-hybridized carbons (Fsp3) is 0.333. The van der Waals surface area contributed by atoms with Crippen LogP contribution < -0.4 is 4.72 Å². The van der Waals surface area contributed by atoms with Crippen LogP contribution >= 0.6 is 0 Å². The molecule has 1 heterocycles. The van der Waals surface area contributed by atoms with Gasteiger partial charge in [-0.2, -0.15) is 12.7 Å². The smallest absolute Gasteiger partial charge is 0.202 e. The second kappa shape index (κ2) is 6.43. The zero-order valence-corrected chi connectivity index (χ0v) is 14.3. The van der Waals surface area contributed by atoms with Gasteiger partial charge in [0.15, 0.2) is 0 Å². The van der Waals surface area contributed by atoms with Gasteiger partial charge in [0, 0.05) is 13.1 Å². The molecule has 0 saturated carbocycles. The van der Waals surface area contributed by atoms with Crippen molar-refractivity contribution >= 4 is 10.2 Å². The number of aryl methyl sites for hydroxylation is 1. The van der Waals surface area contributed by atoms with Gasteiger partial charge < -0.3 is 0 Å². The van der Waals surface area contributed by atoms with Crippen molar-refractivity contribution in [1.82, 2.24) is 9.03 Å². The number of nitrogens with one attached hydrogen (secondary N) is 1. The molecular weight excluding hydrogens is 308 g/mol. The lowest BCUT2D eigenvalue weighted by Crippen LogP contribution is -2.46. The molecule has 0 amide bonds. The molecule has 122 valence electrons. The molecule has 0 aromatic heterocycles. The van der Waals surface area contributed by atoms with Gasteiger partial charge in [-0.3, -0.25) is 0 Å². The molecule has 1 atom stereocenters. The summed E-state index contributed by atoms with van der Waals surface area (Å²) in [5.41, 5.74) is 4.52. The van der Waals surface area contributed by atoms with E-state index in [9.17, 15) is 8.42 Å². The van der Waals surface area contributed by atoms with Gasteiger partial charge in [-0.05, 0) is 30.0 Å². The number of hydrogen-bond donors (Lipinski definition) is 1. The highest BCUT2D eigenvalue weighted by molar-refractivity contribution is 7.87. The van der Waals surface area contributed by atoms with E-state index in [1.165, 1.54) is 11.1 Å². The van der Waals surface area contributed by atoms with E-state index in [-0.39, 0.29) is 6.04 Å². The van der Waals surface area contributed by atoms with Gasteiger partial charge in [-0.25, -0.2) is 4.72 Å². The zero-order valence-electron chi connectivity index (χ0n) is 13.5. The monoisotopic (exact) mass is 330 g/mol. The van der Waals surface area contributed by atoms with E-state index in [2.05, 4.69) is 29.8 Å². The van der Waals surface area contributed by atoms with Gasteiger partial charge >= 0.3 is 0 Å². The first kappa shape index (κ1) is 16.2. The first-order chi connectivity index (χ1) is 11.0. The zero-order chi connectivity index (χ0) is 16.4. The largest absolute Gasteiger partial charge is 0.280 e. The third-order valence-electron chi connectivity index (χ3n) is 4.23. The summed E-state index contributed by atoms with van der Waals surface area (Å²) in [6.07, 6.45) is 0.741. The Morgan fingerprint density at radius 2 is 1.91 bits per heavy atom. The van der Waals surface area contributed by atoms with Crippen LogP contribution in [-0.4, -0.2) is 25.8 Å². The fourth-order valence-corrected chi connectivity index (χ4v) is 4.61. The highest BCUT2D eigenvalue weighted by atomic mass is 32.2. The number of nitrogens with zero attached hydrogens (tertiary/aromatic N) is 1. The second-order valence-corrected chi connectivity index (χ2v) is 7.59. The minimum absolute atomic E-state index is 0.274.